The van der Waals surface area contributed by atoms with E-state index in [0.29, 0.717) is 25.4 Å². The van der Waals surface area contributed by atoms with Crippen molar-refractivity contribution >= 4 is 17.3 Å². The summed E-state index contributed by atoms with van der Waals surface area (Å²) in [6.07, 6.45) is 0. The van der Waals surface area contributed by atoms with E-state index in [1.807, 2.05) is 13.8 Å². The van der Waals surface area contributed by atoms with Crippen LogP contribution >= 0.6 is 0 Å². The highest BCUT2D eigenvalue weighted by Gasteiger charge is 2.12. The Morgan fingerprint density at radius 2 is 2.00 bits per heavy atom. The van der Waals surface area contributed by atoms with Crippen molar-refractivity contribution < 1.29 is 13.9 Å². The first-order chi connectivity index (χ1) is 9.53. The third-order valence-corrected chi connectivity index (χ3v) is 2.95. The number of carbonyl (C=O) groups excluding carboxylic acids is 1. The Labute approximate surface area is 118 Å². The van der Waals surface area contributed by atoms with Gasteiger partial charge in [0.2, 0.25) is 5.91 Å². The quantitative estimate of drug-likeness (QED) is 0.752. The molecule has 6 heteroatoms. The summed E-state index contributed by atoms with van der Waals surface area (Å²) in [6, 6.07) is 2.67. The van der Waals surface area contributed by atoms with Gasteiger partial charge >= 0.3 is 0 Å². The molecule has 0 bridgehead atoms. The van der Waals surface area contributed by atoms with Gasteiger partial charge in [-0.3, -0.25) is 4.79 Å². The molecule has 0 aromatic heterocycles. The highest BCUT2D eigenvalue weighted by atomic mass is 19.1. The van der Waals surface area contributed by atoms with Gasteiger partial charge in [0.25, 0.3) is 0 Å². The lowest BCUT2D eigenvalue weighted by molar-refractivity contribution is -0.128. The van der Waals surface area contributed by atoms with Crippen molar-refractivity contribution in [3.63, 3.8) is 0 Å². The number of nitrogen functional groups attached to an aromatic ring is 1. The van der Waals surface area contributed by atoms with Gasteiger partial charge in [0.15, 0.2) is 11.6 Å². The molecule has 3 N–H and O–H groups in total. The van der Waals surface area contributed by atoms with Gasteiger partial charge in [-0.1, -0.05) is 0 Å². The zero-order chi connectivity index (χ0) is 15.1. The van der Waals surface area contributed by atoms with Crippen LogP contribution in [0.25, 0.3) is 0 Å². The van der Waals surface area contributed by atoms with Crippen LogP contribution in [0.4, 0.5) is 15.8 Å². The van der Waals surface area contributed by atoms with E-state index in [2.05, 4.69) is 5.32 Å². The van der Waals surface area contributed by atoms with Gasteiger partial charge in [0, 0.05) is 25.2 Å². The van der Waals surface area contributed by atoms with Crippen LogP contribution in [0.15, 0.2) is 12.1 Å². The molecule has 0 heterocycles. The number of carbonyl (C=O) groups is 1. The van der Waals surface area contributed by atoms with E-state index < -0.39 is 5.82 Å². The van der Waals surface area contributed by atoms with Gasteiger partial charge in [0.05, 0.1) is 24.5 Å². The molecular weight excluding hydrogens is 261 g/mol. The zero-order valence-electron chi connectivity index (χ0n) is 12.2. The van der Waals surface area contributed by atoms with E-state index in [9.17, 15) is 9.18 Å². The van der Waals surface area contributed by atoms with Crippen LogP contribution in [0.5, 0.6) is 5.75 Å². The highest BCUT2D eigenvalue weighted by Crippen LogP contribution is 2.28. The number of benzene rings is 1. The molecule has 5 nitrogen and oxygen atoms in total. The van der Waals surface area contributed by atoms with Crippen molar-refractivity contribution in [2.24, 2.45) is 0 Å². The Morgan fingerprint density at radius 1 is 1.35 bits per heavy atom. The maximum absolute atomic E-state index is 13.5. The van der Waals surface area contributed by atoms with Crippen molar-refractivity contribution in [1.82, 2.24) is 4.90 Å². The SMILES string of the molecule is CCOc1cc(NCC(=O)N(CC)CC)c(N)cc1F. The maximum Gasteiger partial charge on any atom is 0.241 e. The second-order valence-electron chi connectivity index (χ2n) is 4.22. The molecule has 0 aliphatic carbocycles. The first kappa shape index (κ1) is 16.1. The van der Waals surface area contributed by atoms with Gasteiger partial charge in [0.1, 0.15) is 0 Å². The predicted octanol–water partition coefficient (Wildman–Crippen LogP) is 2.09. The molecule has 1 aromatic carbocycles. The number of anilines is 2. The molecule has 0 saturated heterocycles. The van der Waals surface area contributed by atoms with E-state index in [1.165, 1.54) is 12.1 Å². The summed E-state index contributed by atoms with van der Waals surface area (Å²) < 4.78 is 18.7. The number of hydrogen-bond acceptors (Lipinski definition) is 4. The number of nitrogens with two attached hydrogens (primary N) is 1. The molecule has 0 radical (unpaired) electrons. The summed E-state index contributed by atoms with van der Waals surface area (Å²) in [5.41, 5.74) is 6.47. The van der Waals surface area contributed by atoms with Crippen molar-refractivity contribution in [1.29, 1.82) is 0 Å². The molecule has 112 valence electrons. The van der Waals surface area contributed by atoms with Crippen LogP contribution in [0.2, 0.25) is 0 Å². The summed E-state index contributed by atoms with van der Waals surface area (Å²) in [7, 11) is 0. The fraction of sp³-hybridized carbons (Fsp3) is 0.500. The van der Waals surface area contributed by atoms with Crippen LogP contribution in [0.3, 0.4) is 0 Å². The second kappa shape index (κ2) is 7.57. The van der Waals surface area contributed by atoms with Crippen LogP contribution < -0.4 is 15.8 Å². The number of ether oxygens (including phenoxy) is 1. The summed E-state index contributed by atoms with van der Waals surface area (Å²) in [4.78, 5) is 13.6. The van der Waals surface area contributed by atoms with Gasteiger partial charge in [-0.2, -0.15) is 0 Å². The lowest BCUT2D eigenvalue weighted by atomic mass is 10.2. The molecule has 0 atom stereocenters. The number of nitrogens with one attached hydrogen (secondary N) is 1. The first-order valence-corrected chi connectivity index (χ1v) is 6.76. The fourth-order valence-corrected chi connectivity index (χ4v) is 1.85. The largest absolute Gasteiger partial charge is 0.491 e. The van der Waals surface area contributed by atoms with Gasteiger partial charge in [-0.25, -0.2) is 4.39 Å². The number of halogens is 1. The normalized spacial score (nSPS) is 10.2. The molecule has 0 aliphatic heterocycles. The van der Waals surface area contributed by atoms with E-state index in [0.717, 1.165) is 0 Å². The van der Waals surface area contributed by atoms with E-state index in [-0.39, 0.29) is 23.9 Å². The van der Waals surface area contributed by atoms with Gasteiger partial charge < -0.3 is 20.7 Å². The minimum atomic E-state index is -0.509. The molecule has 0 unspecified atom stereocenters. The number of hydrogen-bond donors (Lipinski definition) is 2. The van der Waals surface area contributed by atoms with Gasteiger partial charge in [-0.15, -0.1) is 0 Å². The first-order valence-electron chi connectivity index (χ1n) is 6.76. The Hall–Kier alpha value is -1.98. The third kappa shape index (κ3) is 4.01. The van der Waals surface area contributed by atoms with Crippen LogP contribution in [0.1, 0.15) is 20.8 Å². The number of nitrogens with zero attached hydrogens (tertiary/aromatic N) is 1. The van der Waals surface area contributed by atoms with E-state index >= 15 is 0 Å². The van der Waals surface area contributed by atoms with Crippen LogP contribution in [0, 0.1) is 5.82 Å². The molecule has 1 rings (SSSR count). The zero-order valence-corrected chi connectivity index (χ0v) is 12.2. The molecule has 0 fully saturated rings. The van der Waals surface area contributed by atoms with Crippen molar-refractivity contribution in [3.8, 4) is 5.75 Å². The highest BCUT2D eigenvalue weighted by molar-refractivity contribution is 5.82. The molecule has 0 aliphatic rings. The van der Waals surface area contributed by atoms with Crippen molar-refractivity contribution in [3.05, 3.63) is 17.9 Å². The Balaban J connectivity index is 2.77. The average molecular weight is 283 g/mol. The smallest absolute Gasteiger partial charge is 0.241 e. The molecular formula is C14H22FN3O2. The molecule has 20 heavy (non-hydrogen) atoms. The number of rotatable bonds is 7. The molecule has 1 amide bonds. The number of amides is 1. The number of likely N-dealkylation sites (N-methyl/N-ethyl adjacent to an activating group) is 1. The summed E-state index contributed by atoms with van der Waals surface area (Å²) in [6.45, 7) is 7.39. The summed E-state index contributed by atoms with van der Waals surface area (Å²) in [5, 5.41) is 2.92. The fourth-order valence-electron chi connectivity index (χ4n) is 1.85. The average Bonchev–Trinajstić information content (AvgIpc) is 2.42. The minimum absolute atomic E-state index is 0.0308. The molecule has 0 spiro atoms. The maximum atomic E-state index is 13.5. The summed E-state index contributed by atoms with van der Waals surface area (Å²) >= 11 is 0. The molecule has 0 saturated carbocycles. The molecule has 1 aromatic rings. The van der Waals surface area contributed by atoms with Crippen molar-refractivity contribution in [2.45, 2.75) is 20.8 Å². The lowest BCUT2D eigenvalue weighted by Crippen LogP contribution is -2.35. The monoisotopic (exact) mass is 283 g/mol. The van der Waals surface area contributed by atoms with Crippen LogP contribution in [-0.2, 0) is 4.79 Å². The third-order valence-electron chi connectivity index (χ3n) is 2.95. The van der Waals surface area contributed by atoms with Crippen molar-refractivity contribution in [2.75, 3.05) is 37.3 Å². The topological polar surface area (TPSA) is 67.6 Å². The standard InChI is InChI=1S/C14H22FN3O2/c1-4-18(5-2)14(19)9-17-12-8-13(20-6-3)10(15)7-11(12)16/h7-8,17H,4-6,9,16H2,1-3H3. The minimum Gasteiger partial charge on any atom is -0.491 e. The summed E-state index contributed by atoms with van der Waals surface area (Å²) in [5.74, 6) is -0.416. The van der Waals surface area contributed by atoms with E-state index in [4.69, 9.17) is 10.5 Å². The Morgan fingerprint density at radius 3 is 2.55 bits per heavy atom. The predicted molar refractivity (Wildman–Crippen MR) is 78.4 cm³/mol. The lowest BCUT2D eigenvalue weighted by Gasteiger charge is -2.19. The van der Waals surface area contributed by atoms with E-state index in [1.54, 1.807) is 11.8 Å². The Kier molecular flexibility index (Phi) is 6.09. The Bertz CT molecular complexity index is 462. The second-order valence-corrected chi connectivity index (χ2v) is 4.22. The van der Waals surface area contributed by atoms with Gasteiger partial charge in [-0.05, 0) is 20.8 Å². The van der Waals surface area contributed by atoms with Crippen LogP contribution in [-0.4, -0.2) is 37.0 Å².